The minimum absolute atomic E-state index is 0.104. The van der Waals surface area contributed by atoms with Crippen LogP contribution in [0.15, 0.2) is 42.5 Å². The lowest BCUT2D eigenvalue weighted by molar-refractivity contribution is -0.143. The summed E-state index contributed by atoms with van der Waals surface area (Å²) in [6.45, 7) is 7.11. The molecule has 0 amide bonds. The minimum atomic E-state index is -0.104. The summed E-state index contributed by atoms with van der Waals surface area (Å²) in [6, 6.07) is 14.5. The maximum absolute atomic E-state index is 11.3. The molecule has 3 nitrogen and oxygen atoms in total. The van der Waals surface area contributed by atoms with Crippen LogP contribution in [-0.2, 0) is 22.6 Å². The second-order valence-corrected chi connectivity index (χ2v) is 6.32. The quantitative estimate of drug-likeness (QED) is 0.467. The topological polar surface area (TPSA) is 35.5 Å². The van der Waals surface area contributed by atoms with Crippen molar-refractivity contribution in [3.8, 4) is 5.75 Å². The number of carbonyl (C=O) groups excluding carboxylic acids is 1. The fourth-order valence-electron chi connectivity index (χ4n) is 2.85. The van der Waals surface area contributed by atoms with Gasteiger partial charge in [0.15, 0.2) is 0 Å². The van der Waals surface area contributed by atoms with Crippen molar-refractivity contribution in [1.29, 1.82) is 0 Å². The maximum Gasteiger partial charge on any atom is 0.305 e. The summed E-state index contributed by atoms with van der Waals surface area (Å²) in [5.74, 6) is 0.790. The zero-order valence-electron chi connectivity index (χ0n) is 15.5. The number of hydrogen-bond donors (Lipinski definition) is 0. The van der Waals surface area contributed by atoms with Crippen molar-refractivity contribution < 1.29 is 14.3 Å². The molecule has 0 N–H and O–H groups in total. The van der Waals surface area contributed by atoms with Crippen LogP contribution in [0.4, 0.5) is 0 Å². The van der Waals surface area contributed by atoms with Gasteiger partial charge in [-0.2, -0.15) is 0 Å². The van der Waals surface area contributed by atoms with E-state index in [0.29, 0.717) is 19.6 Å². The van der Waals surface area contributed by atoms with Gasteiger partial charge in [0.05, 0.1) is 6.61 Å². The molecule has 2 aromatic carbocycles. The van der Waals surface area contributed by atoms with Crippen molar-refractivity contribution >= 4 is 5.97 Å². The van der Waals surface area contributed by atoms with Crippen molar-refractivity contribution in [1.82, 2.24) is 0 Å². The highest BCUT2D eigenvalue weighted by atomic mass is 16.5. The zero-order chi connectivity index (χ0) is 18.1. The standard InChI is InChI=1S/C22H28O3/c1-4-24-22(23)14-6-5-11-19-12-8-13-20(15-19)25-16-21-17(2)9-7-10-18(21)3/h7-10,12-13,15H,4-6,11,14,16H2,1-3H3. The van der Waals surface area contributed by atoms with E-state index in [1.54, 1.807) is 0 Å². The predicted octanol–water partition coefficient (Wildman–Crippen LogP) is 5.16. The Morgan fingerprint density at radius 2 is 1.72 bits per heavy atom. The third kappa shape index (κ3) is 6.26. The summed E-state index contributed by atoms with van der Waals surface area (Å²) in [5, 5.41) is 0. The largest absolute Gasteiger partial charge is 0.489 e. The number of esters is 1. The molecule has 0 saturated carbocycles. The number of ether oxygens (including phenoxy) is 2. The molecule has 2 rings (SSSR count). The smallest absolute Gasteiger partial charge is 0.305 e. The molecule has 0 bridgehead atoms. The molecule has 2 aromatic rings. The maximum atomic E-state index is 11.3. The normalized spacial score (nSPS) is 10.5. The molecule has 134 valence electrons. The van der Waals surface area contributed by atoms with Crippen LogP contribution in [-0.4, -0.2) is 12.6 Å². The van der Waals surface area contributed by atoms with Crippen molar-refractivity contribution in [2.75, 3.05) is 6.61 Å². The van der Waals surface area contributed by atoms with Crippen molar-refractivity contribution in [3.05, 3.63) is 64.7 Å². The van der Waals surface area contributed by atoms with Gasteiger partial charge in [-0.1, -0.05) is 30.3 Å². The summed E-state index contributed by atoms with van der Waals surface area (Å²) in [5.41, 5.74) is 5.01. The average molecular weight is 340 g/mol. The molecule has 0 fully saturated rings. The van der Waals surface area contributed by atoms with Crippen LogP contribution in [0.25, 0.3) is 0 Å². The minimum Gasteiger partial charge on any atom is -0.489 e. The van der Waals surface area contributed by atoms with E-state index in [1.165, 1.54) is 22.3 Å². The predicted molar refractivity (Wildman–Crippen MR) is 101 cm³/mol. The van der Waals surface area contributed by atoms with Crippen LogP contribution in [0.3, 0.4) is 0 Å². The van der Waals surface area contributed by atoms with E-state index in [2.05, 4.69) is 44.2 Å². The van der Waals surface area contributed by atoms with Crippen LogP contribution < -0.4 is 4.74 Å². The highest BCUT2D eigenvalue weighted by molar-refractivity contribution is 5.69. The summed E-state index contributed by atoms with van der Waals surface area (Å²) in [4.78, 5) is 11.3. The lowest BCUT2D eigenvalue weighted by Crippen LogP contribution is -2.03. The Hall–Kier alpha value is -2.29. The first-order chi connectivity index (χ1) is 12.1. The van der Waals surface area contributed by atoms with Crippen LogP contribution in [0.5, 0.6) is 5.75 Å². The first-order valence-electron chi connectivity index (χ1n) is 9.02. The Morgan fingerprint density at radius 1 is 1.00 bits per heavy atom. The molecule has 0 spiro atoms. The highest BCUT2D eigenvalue weighted by Crippen LogP contribution is 2.20. The Balaban J connectivity index is 1.83. The zero-order valence-corrected chi connectivity index (χ0v) is 15.5. The van der Waals surface area contributed by atoms with E-state index < -0.39 is 0 Å². The van der Waals surface area contributed by atoms with Gasteiger partial charge in [0, 0.05) is 6.42 Å². The molecule has 3 heteroatoms. The van der Waals surface area contributed by atoms with Crippen LogP contribution >= 0.6 is 0 Å². The number of benzene rings is 2. The number of unbranched alkanes of at least 4 members (excludes halogenated alkanes) is 1. The molecule has 0 atom stereocenters. The molecule has 0 aliphatic carbocycles. The number of aryl methyl sites for hydroxylation is 3. The van der Waals surface area contributed by atoms with Crippen molar-refractivity contribution in [3.63, 3.8) is 0 Å². The molecule has 0 unspecified atom stereocenters. The molecule has 0 aromatic heterocycles. The third-order valence-electron chi connectivity index (χ3n) is 4.33. The lowest BCUT2D eigenvalue weighted by Gasteiger charge is -2.12. The molecule has 0 heterocycles. The van der Waals surface area contributed by atoms with Gasteiger partial charge < -0.3 is 9.47 Å². The first-order valence-corrected chi connectivity index (χ1v) is 9.02. The van der Waals surface area contributed by atoms with E-state index in [9.17, 15) is 4.79 Å². The van der Waals surface area contributed by atoms with Crippen LogP contribution in [0.1, 0.15) is 48.4 Å². The number of carbonyl (C=O) groups is 1. The van der Waals surface area contributed by atoms with E-state index in [0.717, 1.165) is 25.0 Å². The van der Waals surface area contributed by atoms with E-state index in [1.807, 2.05) is 19.1 Å². The Bertz CT molecular complexity index is 671. The Morgan fingerprint density at radius 3 is 2.44 bits per heavy atom. The second-order valence-electron chi connectivity index (χ2n) is 6.32. The van der Waals surface area contributed by atoms with Gasteiger partial charge in [-0.25, -0.2) is 0 Å². The number of hydrogen-bond acceptors (Lipinski definition) is 3. The highest BCUT2D eigenvalue weighted by Gasteiger charge is 2.05. The molecular formula is C22H28O3. The van der Waals surface area contributed by atoms with Crippen LogP contribution in [0, 0.1) is 13.8 Å². The molecular weight excluding hydrogens is 312 g/mol. The molecule has 0 aliphatic rings. The van der Waals surface area contributed by atoms with E-state index in [4.69, 9.17) is 9.47 Å². The summed E-state index contributed by atoms with van der Waals surface area (Å²) in [6.07, 6.45) is 3.27. The summed E-state index contributed by atoms with van der Waals surface area (Å²) in [7, 11) is 0. The summed E-state index contributed by atoms with van der Waals surface area (Å²) >= 11 is 0. The van der Waals surface area contributed by atoms with Gasteiger partial charge >= 0.3 is 5.97 Å². The molecule has 0 aliphatic heterocycles. The van der Waals surface area contributed by atoms with E-state index in [-0.39, 0.29) is 5.97 Å². The van der Waals surface area contributed by atoms with Gasteiger partial charge in [0.25, 0.3) is 0 Å². The molecule has 25 heavy (non-hydrogen) atoms. The van der Waals surface area contributed by atoms with Gasteiger partial charge in [-0.15, -0.1) is 0 Å². The average Bonchev–Trinajstić information content (AvgIpc) is 2.59. The van der Waals surface area contributed by atoms with Gasteiger partial charge in [-0.3, -0.25) is 4.79 Å². The third-order valence-corrected chi connectivity index (χ3v) is 4.33. The molecule has 0 saturated heterocycles. The first kappa shape index (κ1) is 19.0. The number of rotatable bonds is 9. The SMILES string of the molecule is CCOC(=O)CCCCc1cccc(OCc2c(C)cccc2C)c1. The van der Waals surface area contributed by atoms with Crippen LogP contribution in [0.2, 0.25) is 0 Å². The lowest BCUT2D eigenvalue weighted by atomic mass is 10.0. The Labute approximate surface area is 151 Å². The van der Waals surface area contributed by atoms with Gasteiger partial charge in [-0.05, 0) is 74.4 Å². The van der Waals surface area contributed by atoms with Crippen molar-refractivity contribution in [2.45, 2.75) is 53.1 Å². The summed E-state index contributed by atoms with van der Waals surface area (Å²) < 4.78 is 10.9. The Kier molecular flexibility index (Phi) is 7.52. The fraction of sp³-hybridized carbons (Fsp3) is 0.409. The van der Waals surface area contributed by atoms with E-state index >= 15 is 0 Å². The van der Waals surface area contributed by atoms with Gasteiger partial charge in [0.2, 0.25) is 0 Å². The fourth-order valence-corrected chi connectivity index (χ4v) is 2.85. The monoisotopic (exact) mass is 340 g/mol. The second kappa shape index (κ2) is 9.87. The molecule has 0 radical (unpaired) electrons. The van der Waals surface area contributed by atoms with Crippen molar-refractivity contribution in [2.24, 2.45) is 0 Å². The van der Waals surface area contributed by atoms with Gasteiger partial charge in [0.1, 0.15) is 12.4 Å².